The molecular formula is C23H21F6N3O5. The monoisotopic (exact) mass is 533 g/mol. The lowest BCUT2D eigenvalue weighted by Crippen LogP contribution is -2.39. The zero-order valence-electron chi connectivity index (χ0n) is 19.6. The Morgan fingerprint density at radius 1 is 1.16 bits per heavy atom. The van der Waals surface area contributed by atoms with Crippen LogP contribution in [0.1, 0.15) is 35.5 Å². The van der Waals surface area contributed by atoms with Crippen molar-refractivity contribution in [2.24, 2.45) is 7.05 Å². The van der Waals surface area contributed by atoms with Gasteiger partial charge >= 0.3 is 24.3 Å². The summed E-state index contributed by atoms with van der Waals surface area (Å²) in [4.78, 5) is 37.9. The summed E-state index contributed by atoms with van der Waals surface area (Å²) < 4.78 is 83.0. The number of rotatable bonds is 7. The number of carboxylic acid groups (broad SMARTS) is 1. The molecule has 0 unspecified atom stereocenters. The fraction of sp³-hybridized carbons (Fsp3) is 0.348. The number of fused-ring (bicyclic) bond motifs is 1. The maximum Gasteiger partial charge on any atom is 0.491 e. The number of halogens is 6. The lowest BCUT2D eigenvalue weighted by Gasteiger charge is -2.17. The first-order valence-electron chi connectivity index (χ1n) is 10.8. The summed E-state index contributed by atoms with van der Waals surface area (Å²) in [6.07, 6.45) is -10.00. The molecule has 14 heteroatoms. The minimum absolute atomic E-state index is 0.0707. The lowest BCUT2D eigenvalue weighted by atomic mass is 9.99. The Morgan fingerprint density at radius 3 is 2.35 bits per heavy atom. The smallest absolute Gasteiger partial charge is 0.477 e. The number of carbonyl (C=O) groups is 2. The van der Waals surface area contributed by atoms with E-state index in [0.717, 1.165) is 6.92 Å². The molecule has 0 saturated heterocycles. The van der Waals surface area contributed by atoms with Gasteiger partial charge in [0.25, 0.3) is 5.56 Å². The predicted octanol–water partition coefficient (Wildman–Crippen LogP) is 4.30. The van der Waals surface area contributed by atoms with Crippen molar-refractivity contribution >= 4 is 22.8 Å². The Hall–Kier alpha value is -3.81. The third-order valence-corrected chi connectivity index (χ3v) is 5.77. The van der Waals surface area contributed by atoms with E-state index in [4.69, 9.17) is 0 Å². The molecule has 37 heavy (non-hydrogen) atoms. The van der Waals surface area contributed by atoms with Crippen LogP contribution < -0.4 is 15.6 Å². The second-order valence-corrected chi connectivity index (χ2v) is 8.17. The van der Waals surface area contributed by atoms with Crippen molar-refractivity contribution < 1.29 is 45.8 Å². The van der Waals surface area contributed by atoms with Crippen LogP contribution in [-0.4, -0.2) is 45.0 Å². The van der Waals surface area contributed by atoms with Gasteiger partial charge in [0.1, 0.15) is 6.04 Å². The van der Waals surface area contributed by atoms with Crippen LogP contribution >= 0.6 is 0 Å². The number of nitrogens with zero attached hydrogens (tertiary/aromatic N) is 1. The third kappa shape index (κ3) is 5.63. The number of carbonyl (C=O) groups excluding carboxylic acids is 1. The van der Waals surface area contributed by atoms with E-state index in [2.05, 4.69) is 15.0 Å². The molecule has 0 aliphatic carbocycles. The number of hydrogen-bond donors (Lipinski definition) is 3. The van der Waals surface area contributed by atoms with E-state index in [1.807, 2.05) is 0 Å². The summed E-state index contributed by atoms with van der Waals surface area (Å²) in [5, 5.41) is 12.3. The van der Waals surface area contributed by atoms with Crippen LogP contribution in [0.5, 0.6) is 5.75 Å². The van der Waals surface area contributed by atoms with Gasteiger partial charge in [-0.3, -0.25) is 4.79 Å². The number of hydrogen-bond acceptors (Lipinski definition) is 5. The molecule has 3 rings (SSSR count). The second-order valence-electron chi connectivity index (χ2n) is 8.17. The molecule has 3 N–H and O–H groups in total. The number of aromatic amines is 1. The van der Waals surface area contributed by atoms with Crippen molar-refractivity contribution in [3.63, 3.8) is 0 Å². The largest absolute Gasteiger partial charge is 0.491 e. The number of carboxylic acids is 1. The molecule has 0 aliphatic rings. The molecule has 1 aromatic carbocycles. The fourth-order valence-electron chi connectivity index (χ4n) is 3.77. The Labute approximate surface area is 204 Å². The Kier molecular flexibility index (Phi) is 7.44. The Balaban J connectivity index is 2.12. The summed E-state index contributed by atoms with van der Waals surface area (Å²) >= 11 is 0. The van der Waals surface area contributed by atoms with E-state index in [1.165, 1.54) is 19.1 Å². The van der Waals surface area contributed by atoms with Gasteiger partial charge in [-0.05, 0) is 37.1 Å². The number of H-pyrrole nitrogens is 1. The second kappa shape index (κ2) is 9.92. The maximum absolute atomic E-state index is 12.8. The molecule has 0 radical (unpaired) electrons. The van der Waals surface area contributed by atoms with Crippen molar-refractivity contribution in [2.75, 3.05) is 0 Å². The van der Waals surface area contributed by atoms with Crippen molar-refractivity contribution in [1.29, 1.82) is 0 Å². The first kappa shape index (κ1) is 27.8. The van der Waals surface area contributed by atoms with Gasteiger partial charge in [-0.15, -0.1) is 0 Å². The van der Waals surface area contributed by atoms with E-state index in [-0.39, 0.29) is 29.8 Å². The van der Waals surface area contributed by atoms with Gasteiger partial charge in [-0.2, -0.15) is 26.3 Å². The van der Waals surface area contributed by atoms with E-state index < -0.39 is 47.2 Å². The molecule has 0 aliphatic heterocycles. The number of pyridine rings is 1. The molecule has 0 bridgehead atoms. The van der Waals surface area contributed by atoms with Crippen molar-refractivity contribution in [1.82, 2.24) is 14.9 Å². The van der Waals surface area contributed by atoms with Gasteiger partial charge in [0, 0.05) is 35.8 Å². The van der Waals surface area contributed by atoms with Crippen molar-refractivity contribution in [3.8, 4) is 17.0 Å². The number of aromatic nitrogens is 2. The van der Waals surface area contributed by atoms with Gasteiger partial charge in [0.05, 0.1) is 5.69 Å². The standard InChI is InChI=1S/C23H21F6N3O5/c1-4-14-17(31-19(33)16(20(34)35)18(14)37-21(36)23(27,28)29)11-5-6-15-12(7-11)8-13(32(15)3)9-30-10(2)22(24,25)26/h5-8,10,30H,4,9H2,1-3H3,(H,31,33)(H,34,35)/t10-/m0/s1. The highest BCUT2D eigenvalue weighted by Gasteiger charge is 2.43. The van der Waals surface area contributed by atoms with E-state index in [9.17, 15) is 45.8 Å². The molecule has 1 atom stereocenters. The highest BCUT2D eigenvalue weighted by Crippen LogP contribution is 2.34. The van der Waals surface area contributed by atoms with Crippen LogP contribution in [0.2, 0.25) is 0 Å². The number of esters is 1. The minimum atomic E-state index is -5.44. The van der Waals surface area contributed by atoms with Crippen LogP contribution in [0.4, 0.5) is 26.3 Å². The third-order valence-electron chi connectivity index (χ3n) is 5.77. The first-order chi connectivity index (χ1) is 17.1. The summed E-state index contributed by atoms with van der Waals surface area (Å²) in [7, 11) is 1.63. The molecule has 0 fully saturated rings. The fourth-order valence-corrected chi connectivity index (χ4v) is 3.77. The van der Waals surface area contributed by atoms with Gasteiger partial charge in [-0.1, -0.05) is 13.0 Å². The number of alkyl halides is 6. The quantitative estimate of drug-likeness (QED) is 0.308. The summed E-state index contributed by atoms with van der Waals surface area (Å²) in [5.41, 5.74) is -1.34. The van der Waals surface area contributed by atoms with Gasteiger partial charge in [-0.25, -0.2) is 9.59 Å². The minimum Gasteiger partial charge on any atom is -0.477 e. The van der Waals surface area contributed by atoms with Gasteiger partial charge in [0.15, 0.2) is 11.3 Å². The zero-order valence-corrected chi connectivity index (χ0v) is 19.6. The molecule has 2 heterocycles. The van der Waals surface area contributed by atoms with Gasteiger partial charge in [0.2, 0.25) is 0 Å². The molecular weight excluding hydrogens is 512 g/mol. The molecule has 3 aromatic rings. The van der Waals surface area contributed by atoms with E-state index in [1.54, 1.807) is 23.7 Å². The Bertz CT molecular complexity index is 1420. The predicted molar refractivity (Wildman–Crippen MR) is 119 cm³/mol. The van der Waals surface area contributed by atoms with E-state index in [0.29, 0.717) is 16.6 Å². The molecule has 2 aromatic heterocycles. The lowest BCUT2D eigenvalue weighted by molar-refractivity contribution is -0.189. The van der Waals surface area contributed by atoms with E-state index >= 15 is 0 Å². The molecule has 200 valence electrons. The average Bonchev–Trinajstić information content (AvgIpc) is 3.10. The normalized spacial score (nSPS) is 13.1. The first-order valence-corrected chi connectivity index (χ1v) is 10.8. The van der Waals surface area contributed by atoms with Crippen LogP contribution in [-0.2, 0) is 24.8 Å². The van der Waals surface area contributed by atoms with Crippen LogP contribution in [0.15, 0.2) is 29.1 Å². The number of ether oxygens (including phenoxy) is 1. The van der Waals surface area contributed by atoms with Crippen LogP contribution in [0, 0.1) is 0 Å². The highest BCUT2D eigenvalue weighted by atomic mass is 19.4. The maximum atomic E-state index is 12.8. The Morgan fingerprint density at radius 2 is 1.81 bits per heavy atom. The van der Waals surface area contributed by atoms with Crippen LogP contribution in [0.25, 0.3) is 22.2 Å². The summed E-state index contributed by atoms with van der Waals surface area (Å²) in [6, 6.07) is 4.41. The molecule has 8 nitrogen and oxygen atoms in total. The number of aryl methyl sites for hydroxylation is 1. The summed E-state index contributed by atoms with van der Waals surface area (Å²) in [5.74, 6) is -5.60. The van der Waals surface area contributed by atoms with Crippen molar-refractivity contribution in [2.45, 2.75) is 45.2 Å². The average molecular weight is 533 g/mol. The molecule has 0 saturated carbocycles. The highest BCUT2D eigenvalue weighted by molar-refractivity contribution is 5.94. The summed E-state index contributed by atoms with van der Waals surface area (Å²) in [6.45, 7) is 2.32. The number of aromatic carboxylic acids is 1. The number of nitrogens with one attached hydrogen (secondary N) is 2. The van der Waals surface area contributed by atoms with Gasteiger partial charge < -0.3 is 24.7 Å². The SMILES string of the molecule is CCc1c(-c2ccc3c(c2)cc(CN[C@@H](C)C(F)(F)F)n3C)[nH]c(=O)c(C(=O)O)c1OC(=O)C(F)(F)F. The number of benzene rings is 1. The van der Waals surface area contributed by atoms with Crippen LogP contribution in [0.3, 0.4) is 0 Å². The molecule has 0 amide bonds. The molecule has 0 spiro atoms. The van der Waals surface area contributed by atoms with Crippen molar-refractivity contribution in [3.05, 3.63) is 51.4 Å². The topological polar surface area (TPSA) is 113 Å². The zero-order chi connectivity index (χ0) is 27.9.